The maximum absolute atomic E-state index is 14.5. The summed E-state index contributed by atoms with van der Waals surface area (Å²) in [6.45, 7) is 3.21. The number of carbonyl (C=O) groups excluding carboxylic acids is 1. The molecule has 0 unspecified atom stereocenters. The van der Waals surface area contributed by atoms with E-state index >= 15 is 0 Å². The first-order valence-electron chi connectivity index (χ1n) is 19.0. The van der Waals surface area contributed by atoms with Crippen LogP contribution in [0.5, 0.6) is 0 Å². The van der Waals surface area contributed by atoms with E-state index in [0.29, 0.717) is 35.4 Å². The lowest BCUT2D eigenvalue weighted by molar-refractivity contribution is -0.165. The summed E-state index contributed by atoms with van der Waals surface area (Å²) in [6.07, 6.45) is -5.38. The van der Waals surface area contributed by atoms with E-state index in [0.717, 1.165) is 55.3 Å². The lowest BCUT2D eigenvalue weighted by Gasteiger charge is -2.30. The highest BCUT2D eigenvalue weighted by Crippen LogP contribution is 2.31. The lowest BCUT2D eigenvalue weighted by Crippen LogP contribution is -2.41. The van der Waals surface area contributed by atoms with Crippen molar-refractivity contribution in [3.63, 3.8) is 0 Å². The smallest absolute Gasteiger partial charge is 0.416 e. The van der Waals surface area contributed by atoms with Crippen molar-refractivity contribution in [2.75, 3.05) is 26.2 Å². The number of aliphatic hydroxyl groups is 2. The minimum atomic E-state index is -4.41. The summed E-state index contributed by atoms with van der Waals surface area (Å²) in [5.74, 6) is -5.36. The van der Waals surface area contributed by atoms with Crippen molar-refractivity contribution < 1.29 is 56.8 Å². The van der Waals surface area contributed by atoms with Crippen LogP contribution >= 0.6 is 0 Å². The highest BCUT2D eigenvalue weighted by atomic mass is 19.4. The van der Waals surface area contributed by atoms with Gasteiger partial charge in [-0.15, -0.1) is 0 Å². The minimum absolute atomic E-state index is 0.0759. The third-order valence-corrected chi connectivity index (χ3v) is 10.1. The first-order valence-corrected chi connectivity index (χ1v) is 19.0. The number of rotatable bonds is 14. The van der Waals surface area contributed by atoms with Gasteiger partial charge in [-0.05, 0) is 84.9 Å². The van der Waals surface area contributed by atoms with E-state index in [9.17, 15) is 41.1 Å². The molecular formula is C43H43F5N4O8. The Morgan fingerprint density at radius 1 is 0.767 bits per heavy atom. The van der Waals surface area contributed by atoms with E-state index in [4.69, 9.17) is 20.4 Å². The van der Waals surface area contributed by atoms with Gasteiger partial charge in [-0.25, -0.2) is 18.4 Å². The fraction of sp³-hybridized carbons (Fsp3) is 0.326. The molecule has 5 aromatic rings. The number of carboxylic acids is 2. The molecule has 1 aliphatic heterocycles. The fourth-order valence-electron chi connectivity index (χ4n) is 6.74. The van der Waals surface area contributed by atoms with Crippen LogP contribution in [0, 0.1) is 11.6 Å². The molecule has 318 valence electrons. The van der Waals surface area contributed by atoms with Gasteiger partial charge in [0.1, 0.15) is 12.4 Å². The van der Waals surface area contributed by atoms with E-state index in [1.165, 1.54) is 30.7 Å². The van der Waals surface area contributed by atoms with Crippen molar-refractivity contribution in [1.29, 1.82) is 0 Å². The Morgan fingerprint density at radius 3 is 1.97 bits per heavy atom. The number of halogens is 5. The van der Waals surface area contributed by atoms with Crippen LogP contribution in [0.4, 0.5) is 22.0 Å². The molecule has 1 saturated heterocycles. The third-order valence-electron chi connectivity index (χ3n) is 10.1. The van der Waals surface area contributed by atoms with Crippen molar-refractivity contribution >= 4 is 28.7 Å². The Hall–Kier alpha value is -6.04. The van der Waals surface area contributed by atoms with Crippen LogP contribution in [0.3, 0.4) is 0 Å². The molecule has 0 radical (unpaired) electrons. The molecule has 6 rings (SSSR count). The van der Waals surface area contributed by atoms with Gasteiger partial charge in [-0.2, -0.15) is 18.2 Å². The Labute approximate surface area is 340 Å². The largest absolute Gasteiger partial charge is 0.479 e. The fourth-order valence-corrected chi connectivity index (χ4v) is 6.74. The molecule has 0 aliphatic carbocycles. The average Bonchev–Trinajstić information content (AvgIpc) is 3.24. The van der Waals surface area contributed by atoms with Gasteiger partial charge in [-0.3, -0.25) is 9.59 Å². The zero-order valence-electron chi connectivity index (χ0n) is 32.2. The van der Waals surface area contributed by atoms with Crippen LogP contribution in [0.2, 0.25) is 0 Å². The number of alkyl halides is 3. The first kappa shape index (κ1) is 45.1. The predicted octanol–water partition coefficient (Wildman–Crippen LogP) is 5.54. The maximum Gasteiger partial charge on any atom is 0.416 e. The number of carbonyl (C=O) groups is 3. The molecule has 12 nitrogen and oxygen atoms in total. The van der Waals surface area contributed by atoms with Crippen LogP contribution in [-0.4, -0.2) is 96.0 Å². The molecule has 60 heavy (non-hydrogen) atoms. The number of amides is 1. The SMILES string of the molecule is O=C(Cn1c(CCc2cccc(F)c2F)nc(=O)c2ccccc21)N(CCN1CCCCC1)Cc1ccc(-c2ccc(C(F)(F)F)cc2)cc1.O=C(O)[C@H](O)[C@@H](O)C(=O)O. The summed E-state index contributed by atoms with van der Waals surface area (Å²) in [7, 11) is 0. The predicted molar refractivity (Wildman–Crippen MR) is 210 cm³/mol. The highest BCUT2D eigenvalue weighted by molar-refractivity contribution is 5.83. The van der Waals surface area contributed by atoms with E-state index in [1.54, 1.807) is 33.7 Å². The number of aromatic nitrogens is 2. The van der Waals surface area contributed by atoms with Crippen LogP contribution in [0.15, 0.2) is 95.8 Å². The number of likely N-dealkylation sites (tertiary alicyclic amines) is 1. The van der Waals surface area contributed by atoms with Gasteiger partial charge in [0.2, 0.25) is 5.91 Å². The second kappa shape index (κ2) is 20.3. The summed E-state index contributed by atoms with van der Waals surface area (Å²) in [4.78, 5) is 55.2. The summed E-state index contributed by atoms with van der Waals surface area (Å²) < 4.78 is 69.3. The second-order valence-corrected chi connectivity index (χ2v) is 14.2. The maximum atomic E-state index is 14.5. The summed E-state index contributed by atoms with van der Waals surface area (Å²) in [5, 5.41) is 32.9. The number of nitrogens with zero attached hydrogens (tertiary/aromatic N) is 4. The van der Waals surface area contributed by atoms with Crippen LogP contribution in [0.25, 0.3) is 22.0 Å². The van der Waals surface area contributed by atoms with Gasteiger partial charge in [0.15, 0.2) is 23.8 Å². The number of aliphatic carboxylic acids is 2. The molecule has 1 aliphatic rings. The standard InChI is InChI=1S/C39H37F5N4O2.C4H6O6/c40-33-9-6-7-30(37(33)41)17-20-35-45-38(50)32-8-2-3-10-34(32)48(35)26-36(49)47(24-23-46-21-4-1-5-22-46)25-27-11-13-28(14-12-27)29-15-18-31(19-16-29)39(42,43)44;5-1(3(7)8)2(6)4(9)10/h2-3,6-16,18-19H,1,4-5,17,20-26H2;1-2,5-6H,(H,7,8)(H,9,10)/t;1-,2-/m.1/s1. The van der Waals surface area contributed by atoms with Gasteiger partial charge >= 0.3 is 18.1 Å². The number of hydrogen-bond acceptors (Lipinski definition) is 8. The molecule has 1 aromatic heterocycles. The molecule has 0 spiro atoms. The summed E-state index contributed by atoms with van der Waals surface area (Å²) in [5.41, 5.74) is 1.73. The van der Waals surface area contributed by atoms with Gasteiger partial charge in [0.25, 0.3) is 5.56 Å². The normalized spacial score (nSPS) is 14.2. The first-order chi connectivity index (χ1) is 28.5. The zero-order valence-corrected chi connectivity index (χ0v) is 32.2. The highest BCUT2D eigenvalue weighted by Gasteiger charge is 2.30. The number of piperidine rings is 1. The van der Waals surface area contributed by atoms with Gasteiger partial charge in [0, 0.05) is 26.1 Å². The average molecular weight is 839 g/mol. The number of aliphatic hydroxyl groups excluding tert-OH is 2. The molecule has 2 heterocycles. The number of fused-ring (bicyclic) bond motifs is 1. The third kappa shape index (κ3) is 11.8. The van der Waals surface area contributed by atoms with Crippen molar-refractivity contribution in [2.45, 2.75) is 63.6 Å². The van der Waals surface area contributed by atoms with Crippen molar-refractivity contribution in [1.82, 2.24) is 19.4 Å². The van der Waals surface area contributed by atoms with Crippen molar-refractivity contribution in [3.8, 4) is 11.1 Å². The lowest BCUT2D eigenvalue weighted by atomic mass is 10.0. The number of benzene rings is 4. The quantitative estimate of drug-likeness (QED) is 0.104. The number of carboxylic acid groups (broad SMARTS) is 2. The molecule has 2 atom stereocenters. The van der Waals surface area contributed by atoms with Gasteiger partial charge < -0.3 is 34.8 Å². The summed E-state index contributed by atoms with van der Waals surface area (Å²) in [6, 6.07) is 23.2. The minimum Gasteiger partial charge on any atom is -0.479 e. The number of aryl methyl sites for hydroxylation is 2. The molecular weight excluding hydrogens is 795 g/mol. The number of para-hydroxylation sites is 1. The van der Waals surface area contributed by atoms with Crippen molar-refractivity contribution in [2.24, 2.45) is 0 Å². The molecule has 4 N–H and O–H groups in total. The number of hydrogen-bond donors (Lipinski definition) is 4. The van der Waals surface area contributed by atoms with E-state index in [-0.39, 0.29) is 37.4 Å². The Kier molecular flexibility index (Phi) is 15.2. The van der Waals surface area contributed by atoms with E-state index in [1.807, 2.05) is 24.3 Å². The van der Waals surface area contributed by atoms with Crippen LogP contribution in [-0.2, 0) is 46.5 Å². The molecule has 0 saturated carbocycles. The molecule has 4 aromatic carbocycles. The van der Waals surface area contributed by atoms with E-state index < -0.39 is 53.1 Å². The van der Waals surface area contributed by atoms with Gasteiger partial charge in [-0.1, -0.05) is 67.1 Å². The Morgan fingerprint density at radius 2 is 1.37 bits per heavy atom. The molecule has 1 amide bonds. The van der Waals surface area contributed by atoms with Gasteiger partial charge in [0.05, 0.1) is 16.5 Å². The van der Waals surface area contributed by atoms with E-state index in [2.05, 4.69) is 9.88 Å². The zero-order chi connectivity index (χ0) is 43.6. The molecule has 17 heteroatoms. The Bertz CT molecular complexity index is 2310. The molecule has 0 bridgehead atoms. The topological polar surface area (TPSA) is 174 Å². The summed E-state index contributed by atoms with van der Waals surface area (Å²) >= 11 is 0. The Balaban J connectivity index is 0.000000606. The van der Waals surface area contributed by atoms with Crippen LogP contribution in [0.1, 0.15) is 41.8 Å². The van der Waals surface area contributed by atoms with Crippen molar-refractivity contribution in [3.05, 3.63) is 135 Å². The van der Waals surface area contributed by atoms with Crippen LogP contribution < -0.4 is 5.56 Å². The molecule has 1 fully saturated rings. The second-order valence-electron chi connectivity index (χ2n) is 14.2. The monoisotopic (exact) mass is 838 g/mol.